The molecule has 0 unspecified atom stereocenters. The number of hydrogen-bond donors (Lipinski definition) is 0. The summed E-state index contributed by atoms with van der Waals surface area (Å²) in [6, 6.07) is 0. The van der Waals surface area contributed by atoms with Gasteiger partial charge in [0, 0.05) is 0 Å². The molecule has 0 aromatic heterocycles. The van der Waals surface area contributed by atoms with Crippen LogP contribution in [0.2, 0.25) is 0 Å². The second-order valence-corrected chi connectivity index (χ2v) is 8.58. The van der Waals surface area contributed by atoms with Gasteiger partial charge < -0.3 is 0 Å². The number of alkyl halides is 2. The van der Waals surface area contributed by atoms with E-state index in [2.05, 4.69) is 13.0 Å². The van der Waals surface area contributed by atoms with E-state index in [0.717, 1.165) is 26.2 Å². The molecule has 72 valence electrons. The van der Waals surface area contributed by atoms with Crippen molar-refractivity contribution in [3.63, 3.8) is 0 Å². The summed E-state index contributed by atoms with van der Waals surface area (Å²) in [5.74, 6) is 0.224. The van der Waals surface area contributed by atoms with Crippen molar-refractivity contribution >= 4 is 26.0 Å². The normalized spacial score (nSPS) is 20.9. The monoisotopic (exact) mass is 284 g/mol. The van der Waals surface area contributed by atoms with Crippen molar-refractivity contribution in [3.8, 4) is 0 Å². The molecule has 0 aromatic rings. The molecule has 1 heterocycles. The third-order valence-corrected chi connectivity index (χ3v) is 5.84. The van der Waals surface area contributed by atoms with Gasteiger partial charge in [-0.2, -0.15) is 0 Å². The van der Waals surface area contributed by atoms with E-state index in [0.29, 0.717) is 0 Å². The van der Waals surface area contributed by atoms with E-state index in [1.54, 1.807) is 6.92 Å². The third kappa shape index (κ3) is 2.58. The van der Waals surface area contributed by atoms with Crippen LogP contribution in [0.4, 0.5) is 0 Å². The Morgan fingerprint density at radius 2 is 1.67 bits per heavy atom. The molecule has 1 amide bonds. The van der Waals surface area contributed by atoms with Crippen LogP contribution < -0.4 is 0 Å². The predicted molar refractivity (Wildman–Crippen MR) is 59.7 cm³/mol. The minimum absolute atomic E-state index is 0.224. The third-order valence-electron chi connectivity index (χ3n) is 2.15. The molecule has 0 spiro atoms. The van der Waals surface area contributed by atoms with Crippen molar-refractivity contribution in [2.75, 3.05) is 36.0 Å². The molecule has 4 heteroatoms. The zero-order valence-electron chi connectivity index (χ0n) is 8.01. The molecule has 0 aromatic carbocycles. The van der Waals surface area contributed by atoms with Crippen molar-refractivity contribution in [3.05, 3.63) is 0 Å². The summed E-state index contributed by atoms with van der Waals surface area (Å²) in [6.45, 7) is 5.72. The number of halogens is 1. The number of carbonyl (C=O) groups is 1. The Morgan fingerprint density at radius 3 is 2.00 bits per heavy atom. The first-order valence-corrected chi connectivity index (χ1v) is 9.40. The Hall–Kier alpha value is 0.160. The number of rotatable bonds is 1. The van der Waals surface area contributed by atoms with Crippen molar-refractivity contribution < 1.29 is 4.79 Å². The van der Waals surface area contributed by atoms with Crippen LogP contribution >= 0.6 is 20.1 Å². The Morgan fingerprint density at radius 1 is 1.17 bits per heavy atom. The van der Waals surface area contributed by atoms with Gasteiger partial charge in [0.2, 0.25) is 0 Å². The topological polar surface area (TPSA) is 23.6 Å². The fraction of sp³-hybridized carbons (Fsp3) is 0.875. The van der Waals surface area contributed by atoms with Gasteiger partial charge in [-0.1, -0.05) is 0 Å². The molecule has 0 N–H and O–H groups in total. The first-order chi connectivity index (χ1) is 5.61. The molecule has 0 saturated carbocycles. The summed E-state index contributed by atoms with van der Waals surface area (Å²) < 4.78 is 2.56. The fourth-order valence-electron chi connectivity index (χ4n) is 1.33. The van der Waals surface area contributed by atoms with Crippen LogP contribution in [-0.2, 0) is 4.79 Å². The zero-order chi connectivity index (χ0) is 9.14. The number of hydrogen-bond acceptors (Lipinski definition) is 2. The van der Waals surface area contributed by atoms with Crippen LogP contribution in [0, 0.1) is 0 Å². The molecular weight excluding hydrogens is 267 g/mol. The van der Waals surface area contributed by atoms with Crippen LogP contribution in [0.3, 0.4) is 0 Å². The molecule has 1 saturated heterocycles. The number of amides is 1. The van der Waals surface area contributed by atoms with Crippen LogP contribution in [-0.4, -0.2) is 50.0 Å². The number of nitrogens with zero attached hydrogens (tertiary/aromatic N) is 2. The van der Waals surface area contributed by atoms with E-state index in [1.165, 1.54) is 0 Å². The van der Waals surface area contributed by atoms with E-state index >= 15 is 0 Å². The Balaban J connectivity index is 2.34. The van der Waals surface area contributed by atoms with Gasteiger partial charge in [0.25, 0.3) is 0 Å². The zero-order valence-corrected chi connectivity index (χ0v) is 10.2. The molecule has 12 heavy (non-hydrogen) atoms. The second-order valence-electron chi connectivity index (χ2n) is 3.13. The van der Waals surface area contributed by atoms with Gasteiger partial charge in [-0.25, -0.2) is 0 Å². The van der Waals surface area contributed by atoms with Crippen molar-refractivity contribution in [1.29, 1.82) is 0 Å². The first kappa shape index (κ1) is 10.2. The maximum atomic E-state index is 11.0. The Kier molecular flexibility index (Phi) is 3.77. The molecule has 1 aliphatic heterocycles. The van der Waals surface area contributed by atoms with Crippen LogP contribution in [0.5, 0.6) is 0 Å². The Bertz CT molecular complexity index is 164. The quantitative estimate of drug-likeness (QED) is 0.404. The van der Waals surface area contributed by atoms with E-state index in [-0.39, 0.29) is 5.91 Å². The van der Waals surface area contributed by atoms with E-state index < -0.39 is 20.1 Å². The van der Waals surface area contributed by atoms with Gasteiger partial charge >= 0.3 is 81.8 Å². The summed E-state index contributed by atoms with van der Waals surface area (Å²) in [5.41, 5.74) is 0. The average Bonchev–Trinajstić information content (AvgIpc) is 2.04. The van der Waals surface area contributed by atoms with Gasteiger partial charge in [-0.3, -0.25) is 0 Å². The summed E-state index contributed by atoms with van der Waals surface area (Å²) in [4.78, 5) is 17.6. The molecular formula is C8H17IN2O. The molecule has 0 aliphatic carbocycles. The number of piperazine rings is 1. The molecule has 1 rings (SSSR count). The number of carbonyl (C=O) groups excluding carboxylic acids is 1. The van der Waals surface area contributed by atoms with Crippen molar-refractivity contribution in [2.45, 2.75) is 6.92 Å². The van der Waals surface area contributed by atoms with Gasteiger partial charge in [-0.05, 0) is 0 Å². The maximum absolute atomic E-state index is 11.0. The van der Waals surface area contributed by atoms with Crippen LogP contribution in [0.15, 0.2) is 0 Å². The van der Waals surface area contributed by atoms with Gasteiger partial charge in [0.05, 0.1) is 0 Å². The summed E-state index contributed by atoms with van der Waals surface area (Å²) in [7, 11) is 0. The molecule has 0 radical (unpaired) electrons. The van der Waals surface area contributed by atoms with Gasteiger partial charge in [-0.15, -0.1) is 0 Å². The van der Waals surface area contributed by atoms with Crippen LogP contribution in [0.1, 0.15) is 6.92 Å². The first-order valence-electron chi connectivity index (χ1n) is 4.12. The molecule has 3 nitrogen and oxygen atoms in total. The van der Waals surface area contributed by atoms with Gasteiger partial charge in [0.15, 0.2) is 0 Å². The van der Waals surface area contributed by atoms with Crippen LogP contribution in [0.25, 0.3) is 0 Å². The second kappa shape index (κ2) is 4.41. The van der Waals surface area contributed by atoms with Crippen molar-refractivity contribution in [1.82, 2.24) is 8.01 Å². The minimum atomic E-state index is -0.772. The molecule has 1 fully saturated rings. The molecule has 0 atom stereocenters. The summed E-state index contributed by atoms with van der Waals surface area (Å²) >= 11 is -0.772. The predicted octanol–water partition coefficient (Wildman–Crippen LogP) is 0.832. The summed E-state index contributed by atoms with van der Waals surface area (Å²) in [5, 5.41) is 0. The summed E-state index contributed by atoms with van der Waals surface area (Å²) in [6.07, 6.45) is 0. The van der Waals surface area contributed by atoms with E-state index in [9.17, 15) is 4.79 Å². The SMILES string of the molecule is CC(=O)N1CCN(I(C)C)CC1. The average molecular weight is 284 g/mol. The molecule has 0 bridgehead atoms. The fourth-order valence-corrected chi connectivity index (χ4v) is 3.70. The van der Waals surface area contributed by atoms with Crippen molar-refractivity contribution in [2.24, 2.45) is 0 Å². The van der Waals surface area contributed by atoms with Gasteiger partial charge in [0.1, 0.15) is 0 Å². The molecule has 1 aliphatic rings. The van der Waals surface area contributed by atoms with E-state index in [4.69, 9.17) is 0 Å². The van der Waals surface area contributed by atoms with E-state index in [1.807, 2.05) is 4.90 Å². The Labute approximate surface area is 81.8 Å². The standard InChI is InChI=1S/C8H17IN2O/c1-8(12)10-4-6-11(7-5-10)9(2)3/h4-7H2,1-3H3.